The molecule has 0 saturated carbocycles. The summed E-state index contributed by atoms with van der Waals surface area (Å²) in [5.41, 5.74) is 0.642. The smallest absolute Gasteiger partial charge is 0.00110 e. The van der Waals surface area contributed by atoms with Crippen LogP contribution >= 0.6 is 11.8 Å². The van der Waals surface area contributed by atoms with Crippen LogP contribution < -0.4 is 0 Å². The Hall–Kier alpha value is 0.350. The highest BCUT2D eigenvalue weighted by molar-refractivity contribution is 7.99. The van der Waals surface area contributed by atoms with Gasteiger partial charge in [0.25, 0.3) is 0 Å². The van der Waals surface area contributed by atoms with Crippen LogP contribution in [0.5, 0.6) is 0 Å². The molecule has 0 spiro atoms. The molecule has 0 aromatic rings. The minimum Gasteiger partial charge on any atom is -0.161 e. The average molecular weight is 218 g/mol. The Morgan fingerprint density at radius 1 is 1.07 bits per heavy atom. The predicted octanol–water partition coefficient (Wildman–Crippen LogP) is 5.23. The summed E-state index contributed by atoms with van der Waals surface area (Å²) < 4.78 is 0. The number of hydrogen-bond acceptors (Lipinski definition) is 1. The maximum atomic E-state index is 2.43. The molecule has 1 rings (SSSR count). The van der Waals surface area contributed by atoms with Gasteiger partial charge in [-0.2, -0.15) is 11.8 Å². The van der Waals surface area contributed by atoms with Gasteiger partial charge < -0.3 is 0 Å². The maximum absolute atomic E-state index is 2.43. The van der Waals surface area contributed by atoms with E-state index in [0.717, 1.165) is 5.92 Å². The lowest BCUT2D eigenvalue weighted by Crippen LogP contribution is -2.29. The third-order valence-corrected chi connectivity index (χ3v) is 4.30. The van der Waals surface area contributed by atoms with Crippen LogP contribution in [0.1, 0.15) is 61.3 Å². The standard InChI is InChI=1S/C9H18S.2C2H6/c1-8(2)9(3)5-4-6-10-7-9;2*1-2/h8H,4-7H2,1-3H3;2*1-2H3. The lowest BCUT2D eigenvalue weighted by molar-refractivity contribution is 0.229. The summed E-state index contributed by atoms with van der Waals surface area (Å²) in [7, 11) is 0. The van der Waals surface area contributed by atoms with Gasteiger partial charge in [-0.3, -0.25) is 0 Å². The van der Waals surface area contributed by atoms with Gasteiger partial charge in [0.2, 0.25) is 0 Å². The summed E-state index contributed by atoms with van der Waals surface area (Å²) in [4.78, 5) is 0. The second-order valence-corrected chi connectivity index (χ2v) is 5.07. The Kier molecular flexibility index (Phi) is 11.8. The van der Waals surface area contributed by atoms with Gasteiger partial charge in [-0.15, -0.1) is 0 Å². The monoisotopic (exact) mass is 218 g/mol. The predicted molar refractivity (Wildman–Crippen MR) is 72.2 cm³/mol. The Balaban J connectivity index is 0. The molecule has 0 nitrogen and oxygen atoms in total. The first-order valence-electron chi connectivity index (χ1n) is 6.23. The maximum Gasteiger partial charge on any atom is -0.00110 e. The zero-order chi connectivity index (χ0) is 11.6. The van der Waals surface area contributed by atoms with E-state index in [9.17, 15) is 0 Å². The van der Waals surface area contributed by atoms with Crippen LogP contribution in [-0.2, 0) is 0 Å². The highest BCUT2D eigenvalue weighted by Crippen LogP contribution is 2.39. The van der Waals surface area contributed by atoms with Crippen molar-refractivity contribution in [2.45, 2.75) is 61.3 Å². The largest absolute Gasteiger partial charge is 0.161 e. The first-order valence-corrected chi connectivity index (χ1v) is 7.38. The van der Waals surface area contributed by atoms with Crippen LogP contribution in [0.3, 0.4) is 0 Å². The van der Waals surface area contributed by atoms with E-state index in [0.29, 0.717) is 5.41 Å². The van der Waals surface area contributed by atoms with E-state index < -0.39 is 0 Å². The highest BCUT2D eigenvalue weighted by Gasteiger charge is 2.29. The van der Waals surface area contributed by atoms with Gasteiger partial charge in [0.05, 0.1) is 0 Å². The third kappa shape index (κ3) is 5.95. The van der Waals surface area contributed by atoms with E-state index in [-0.39, 0.29) is 0 Å². The van der Waals surface area contributed by atoms with Crippen molar-refractivity contribution in [1.82, 2.24) is 0 Å². The van der Waals surface area contributed by atoms with Crippen molar-refractivity contribution in [2.75, 3.05) is 11.5 Å². The molecule has 0 aliphatic carbocycles. The molecule has 1 heteroatoms. The van der Waals surface area contributed by atoms with E-state index in [1.165, 1.54) is 24.3 Å². The summed E-state index contributed by atoms with van der Waals surface area (Å²) >= 11 is 2.13. The molecule has 1 aliphatic heterocycles. The van der Waals surface area contributed by atoms with Crippen molar-refractivity contribution >= 4 is 11.8 Å². The van der Waals surface area contributed by atoms with Gasteiger partial charge in [0, 0.05) is 0 Å². The van der Waals surface area contributed by atoms with Crippen molar-refractivity contribution in [3.05, 3.63) is 0 Å². The lowest BCUT2D eigenvalue weighted by atomic mass is 9.77. The number of thioether (sulfide) groups is 1. The summed E-state index contributed by atoms with van der Waals surface area (Å²) in [6, 6.07) is 0. The minimum atomic E-state index is 0.642. The average Bonchev–Trinajstić information content (AvgIpc) is 2.25. The summed E-state index contributed by atoms with van der Waals surface area (Å²) in [6.45, 7) is 15.1. The van der Waals surface area contributed by atoms with Crippen molar-refractivity contribution in [3.8, 4) is 0 Å². The summed E-state index contributed by atoms with van der Waals surface area (Å²) in [5, 5.41) is 0. The van der Waals surface area contributed by atoms with Gasteiger partial charge >= 0.3 is 0 Å². The molecular formula is C13H30S. The molecule has 0 amide bonds. The van der Waals surface area contributed by atoms with Gasteiger partial charge in [0.1, 0.15) is 0 Å². The molecule has 0 bridgehead atoms. The molecule has 1 atom stereocenters. The minimum absolute atomic E-state index is 0.642. The zero-order valence-corrected chi connectivity index (χ0v) is 12.1. The van der Waals surface area contributed by atoms with E-state index in [2.05, 4.69) is 32.5 Å². The Labute approximate surface area is 96.2 Å². The Bertz CT molecular complexity index is 102. The van der Waals surface area contributed by atoms with Crippen LogP contribution in [0, 0.1) is 11.3 Å². The SMILES string of the molecule is CC.CC.CC(C)C1(C)CCCSC1. The normalized spacial score (nSPS) is 25.7. The fourth-order valence-electron chi connectivity index (χ4n) is 1.41. The summed E-state index contributed by atoms with van der Waals surface area (Å²) in [6.07, 6.45) is 2.87. The van der Waals surface area contributed by atoms with Crippen LogP contribution in [0.15, 0.2) is 0 Å². The molecule has 1 aliphatic rings. The van der Waals surface area contributed by atoms with Crippen LogP contribution in [0.2, 0.25) is 0 Å². The van der Waals surface area contributed by atoms with Gasteiger partial charge in [0.15, 0.2) is 0 Å². The van der Waals surface area contributed by atoms with Crippen LogP contribution in [-0.4, -0.2) is 11.5 Å². The van der Waals surface area contributed by atoms with Crippen molar-refractivity contribution in [3.63, 3.8) is 0 Å². The quantitative estimate of drug-likeness (QED) is 0.581. The molecule has 0 N–H and O–H groups in total. The highest BCUT2D eigenvalue weighted by atomic mass is 32.2. The van der Waals surface area contributed by atoms with E-state index in [1.54, 1.807) is 0 Å². The van der Waals surface area contributed by atoms with E-state index >= 15 is 0 Å². The van der Waals surface area contributed by atoms with Gasteiger partial charge in [-0.05, 0) is 35.7 Å². The Morgan fingerprint density at radius 3 is 1.79 bits per heavy atom. The molecule has 88 valence electrons. The van der Waals surface area contributed by atoms with E-state index in [1.807, 2.05) is 27.7 Å². The Morgan fingerprint density at radius 2 is 1.57 bits per heavy atom. The molecule has 1 heterocycles. The van der Waals surface area contributed by atoms with Crippen molar-refractivity contribution in [2.24, 2.45) is 11.3 Å². The lowest BCUT2D eigenvalue weighted by Gasteiger charge is -2.36. The molecule has 1 saturated heterocycles. The van der Waals surface area contributed by atoms with Gasteiger partial charge in [-0.25, -0.2) is 0 Å². The topological polar surface area (TPSA) is 0 Å². The first kappa shape index (κ1) is 16.8. The second-order valence-electron chi connectivity index (χ2n) is 3.96. The molecule has 1 fully saturated rings. The fraction of sp³-hybridized carbons (Fsp3) is 1.00. The molecule has 0 aromatic heterocycles. The molecular weight excluding hydrogens is 188 g/mol. The number of hydrogen-bond donors (Lipinski definition) is 0. The molecule has 0 radical (unpaired) electrons. The fourth-order valence-corrected chi connectivity index (χ4v) is 2.85. The van der Waals surface area contributed by atoms with Crippen molar-refractivity contribution in [1.29, 1.82) is 0 Å². The number of rotatable bonds is 1. The first-order chi connectivity index (χ1) is 6.65. The van der Waals surface area contributed by atoms with Crippen LogP contribution in [0.25, 0.3) is 0 Å². The molecule has 0 aromatic carbocycles. The van der Waals surface area contributed by atoms with E-state index in [4.69, 9.17) is 0 Å². The molecule has 14 heavy (non-hydrogen) atoms. The van der Waals surface area contributed by atoms with Crippen molar-refractivity contribution < 1.29 is 0 Å². The third-order valence-electron chi connectivity index (χ3n) is 2.86. The van der Waals surface area contributed by atoms with Gasteiger partial charge in [-0.1, -0.05) is 48.5 Å². The zero-order valence-electron chi connectivity index (χ0n) is 11.3. The summed E-state index contributed by atoms with van der Waals surface area (Å²) in [5.74, 6) is 3.63. The second kappa shape index (κ2) is 9.89. The molecule has 1 unspecified atom stereocenters. The van der Waals surface area contributed by atoms with Crippen LogP contribution in [0.4, 0.5) is 0 Å².